The monoisotopic (exact) mass is 402 g/mol. The van der Waals surface area contributed by atoms with Crippen LogP contribution in [-0.4, -0.2) is 38.8 Å². The van der Waals surface area contributed by atoms with Gasteiger partial charge in [0.05, 0.1) is 7.11 Å². The van der Waals surface area contributed by atoms with Gasteiger partial charge in [-0.25, -0.2) is 8.42 Å². The SMILES string of the molecule is COc1ccc(C(=O)Nc2ccc(C(C)C)cc2)cc1S(=O)(=O)N1CCCC1. The number of carbonyl (C=O) groups is 1. The number of carbonyl (C=O) groups excluding carboxylic acids is 1. The van der Waals surface area contributed by atoms with Crippen molar-refractivity contribution < 1.29 is 17.9 Å². The molecular formula is C21H26N2O4S. The number of sulfonamides is 1. The van der Waals surface area contributed by atoms with Gasteiger partial charge in [-0.3, -0.25) is 4.79 Å². The lowest BCUT2D eigenvalue weighted by molar-refractivity contribution is 0.102. The Balaban J connectivity index is 1.87. The predicted molar refractivity (Wildman–Crippen MR) is 109 cm³/mol. The molecule has 0 unspecified atom stereocenters. The van der Waals surface area contributed by atoms with E-state index < -0.39 is 10.0 Å². The van der Waals surface area contributed by atoms with Gasteiger partial charge >= 0.3 is 0 Å². The second kappa shape index (κ2) is 8.32. The molecule has 1 amide bonds. The summed E-state index contributed by atoms with van der Waals surface area (Å²) >= 11 is 0. The highest BCUT2D eigenvalue weighted by molar-refractivity contribution is 7.89. The average molecular weight is 403 g/mol. The van der Waals surface area contributed by atoms with Crippen LogP contribution in [0.15, 0.2) is 47.4 Å². The van der Waals surface area contributed by atoms with Gasteiger partial charge in [0, 0.05) is 24.3 Å². The first-order valence-electron chi connectivity index (χ1n) is 9.42. The highest BCUT2D eigenvalue weighted by atomic mass is 32.2. The lowest BCUT2D eigenvalue weighted by atomic mass is 10.0. The minimum Gasteiger partial charge on any atom is -0.495 e. The standard InChI is InChI=1S/C21H26N2O4S/c1-15(2)16-6-9-18(10-7-16)22-21(24)17-8-11-19(27-3)20(14-17)28(25,26)23-12-4-5-13-23/h6-11,14-15H,4-5,12-13H2,1-3H3,(H,22,24). The summed E-state index contributed by atoms with van der Waals surface area (Å²) in [6, 6.07) is 12.1. The smallest absolute Gasteiger partial charge is 0.255 e. The minimum absolute atomic E-state index is 0.0275. The van der Waals surface area contributed by atoms with E-state index in [1.165, 1.54) is 29.1 Å². The lowest BCUT2D eigenvalue weighted by Gasteiger charge is -2.18. The Labute approximate surface area is 166 Å². The molecule has 0 spiro atoms. The van der Waals surface area contributed by atoms with Gasteiger partial charge in [-0.1, -0.05) is 26.0 Å². The summed E-state index contributed by atoms with van der Waals surface area (Å²) in [4.78, 5) is 12.7. The van der Waals surface area contributed by atoms with Crippen molar-refractivity contribution in [3.05, 3.63) is 53.6 Å². The molecule has 2 aromatic carbocycles. The quantitative estimate of drug-likeness (QED) is 0.796. The first-order valence-corrected chi connectivity index (χ1v) is 10.9. The molecule has 7 heteroatoms. The number of nitrogens with one attached hydrogen (secondary N) is 1. The molecule has 1 heterocycles. The molecule has 1 aliphatic heterocycles. The Morgan fingerprint density at radius 3 is 2.29 bits per heavy atom. The second-order valence-corrected chi connectivity index (χ2v) is 9.11. The first kappa shape index (κ1) is 20.4. The Morgan fingerprint density at radius 1 is 1.07 bits per heavy atom. The van der Waals surface area contributed by atoms with E-state index in [0.29, 0.717) is 24.7 Å². The summed E-state index contributed by atoms with van der Waals surface area (Å²) in [7, 11) is -2.27. The van der Waals surface area contributed by atoms with E-state index in [1.54, 1.807) is 6.07 Å². The van der Waals surface area contributed by atoms with E-state index in [0.717, 1.165) is 12.8 Å². The van der Waals surface area contributed by atoms with Crippen LogP contribution < -0.4 is 10.1 Å². The van der Waals surface area contributed by atoms with Crippen molar-refractivity contribution in [2.75, 3.05) is 25.5 Å². The Bertz CT molecular complexity index is 947. The van der Waals surface area contributed by atoms with Crippen molar-refractivity contribution in [1.82, 2.24) is 4.31 Å². The van der Waals surface area contributed by atoms with Crippen LogP contribution in [0.5, 0.6) is 5.75 Å². The summed E-state index contributed by atoms with van der Waals surface area (Å²) in [5, 5.41) is 2.82. The number of benzene rings is 2. The summed E-state index contributed by atoms with van der Waals surface area (Å²) < 4.78 is 32.6. The number of anilines is 1. The van der Waals surface area contributed by atoms with Crippen molar-refractivity contribution in [2.24, 2.45) is 0 Å². The third-order valence-electron chi connectivity index (χ3n) is 4.94. The lowest BCUT2D eigenvalue weighted by Crippen LogP contribution is -2.28. The number of ether oxygens (including phenoxy) is 1. The molecule has 0 aromatic heterocycles. The van der Waals surface area contributed by atoms with Crippen molar-refractivity contribution in [3.63, 3.8) is 0 Å². The molecule has 3 rings (SSSR count). The summed E-state index contributed by atoms with van der Waals surface area (Å²) in [6.45, 7) is 5.19. The van der Waals surface area contributed by atoms with Crippen LogP contribution in [0.3, 0.4) is 0 Å². The van der Waals surface area contributed by atoms with Crippen molar-refractivity contribution >= 4 is 21.6 Å². The van der Waals surface area contributed by atoms with E-state index in [4.69, 9.17) is 4.74 Å². The fraction of sp³-hybridized carbons (Fsp3) is 0.381. The summed E-state index contributed by atoms with van der Waals surface area (Å²) in [5.41, 5.74) is 2.11. The number of hydrogen-bond donors (Lipinski definition) is 1. The molecule has 0 bridgehead atoms. The van der Waals surface area contributed by atoms with Gasteiger partial charge in [0.1, 0.15) is 10.6 Å². The fourth-order valence-electron chi connectivity index (χ4n) is 3.24. The van der Waals surface area contributed by atoms with Gasteiger partial charge in [0.25, 0.3) is 5.91 Å². The molecule has 28 heavy (non-hydrogen) atoms. The maximum absolute atomic E-state index is 13.0. The summed E-state index contributed by atoms with van der Waals surface area (Å²) in [5.74, 6) is 0.284. The van der Waals surface area contributed by atoms with Crippen molar-refractivity contribution in [2.45, 2.75) is 37.5 Å². The van der Waals surface area contributed by atoms with Crippen LogP contribution in [0, 0.1) is 0 Å². The largest absolute Gasteiger partial charge is 0.495 e. The van der Waals surface area contributed by atoms with Crippen molar-refractivity contribution in [3.8, 4) is 5.75 Å². The van der Waals surface area contributed by atoms with Crippen LogP contribution in [0.1, 0.15) is 48.5 Å². The van der Waals surface area contributed by atoms with Gasteiger partial charge in [-0.2, -0.15) is 4.31 Å². The molecule has 1 N–H and O–H groups in total. The first-order chi connectivity index (χ1) is 13.3. The van der Waals surface area contributed by atoms with Crippen LogP contribution in [-0.2, 0) is 10.0 Å². The van der Waals surface area contributed by atoms with Crippen molar-refractivity contribution in [1.29, 1.82) is 0 Å². The topological polar surface area (TPSA) is 75.7 Å². The maximum Gasteiger partial charge on any atom is 0.255 e. The molecule has 150 valence electrons. The number of amides is 1. The van der Waals surface area contributed by atoms with Gasteiger partial charge in [0.15, 0.2) is 0 Å². The molecule has 1 saturated heterocycles. The van der Waals surface area contributed by atoms with Gasteiger partial charge in [-0.05, 0) is 54.7 Å². The Morgan fingerprint density at radius 2 is 1.71 bits per heavy atom. The zero-order valence-corrected chi connectivity index (χ0v) is 17.3. The number of rotatable bonds is 6. The molecule has 2 aromatic rings. The Hall–Kier alpha value is -2.38. The molecule has 0 aliphatic carbocycles. The van der Waals surface area contributed by atoms with Crippen LogP contribution in [0.2, 0.25) is 0 Å². The van der Waals surface area contributed by atoms with Gasteiger partial charge in [0.2, 0.25) is 10.0 Å². The molecule has 6 nitrogen and oxygen atoms in total. The molecule has 1 aliphatic rings. The molecule has 1 fully saturated rings. The van der Waals surface area contributed by atoms with E-state index in [9.17, 15) is 13.2 Å². The van der Waals surface area contributed by atoms with E-state index in [1.807, 2.05) is 24.3 Å². The van der Waals surface area contributed by atoms with E-state index in [-0.39, 0.29) is 22.1 Å². The Kier molecular flexibility index (Phi) is 6.05. The van der Waals surface area contributed by atoms with Crippen LogP contribution >= 0.6 is 0 Å². The minimum atomic E-state index is -3.70. The molecule has 0 radical (unpaired) electrons. The highest BCUT2D eigenvalue weighted by Crippen LogP contribution is 2.30. The van der Waals surface area contributed by atoms with Gasteiger partial charge < -0.3 is 10.1 Å². The normalized spacial score (nSPS) is 15.0. The third-order valence-corrected chi connectivity index (χ3v) is 6.86. The second-order valence-electron chi connectivity index (χ2n) is 7.21. The van der Waals surface area contributed by atoms with Crippen LogP contribution in [0.25, 0.3) is 0 Å². The molecule has 0 atom stereocenters. The number of nitrogens with zero attached hydrogens (tertiary/aromatic N) is 1. The zero-order chi connectivity index (χ0) is 20.3. The van der Waals surface area contributed by atoms with E-state index in [2.05, 4.69) is 19.2 Å². The highest BCUT2D eigenvalue weighted by Gasteiger charge is 2.30. The zero-order valence-electron chi connectivity index (χ0n) is 16.4. The molecular weight excluding hydrogens is 376 g/mol. The third kappa shape index (κ3) is 4.20. The van der Waals surface area contributed by atoms with E-state index >= 15 is 0 Å². The maximum atomic E-state index is 13.0. The summed E-state index contributed by atoms with van der Waals surface area (Å²) in [6.07, 6.45) is 1.68. The fourth-order valence-corrected chi connectivity index (χ4v) is 4.94. The van der Waals surface area contributed by atoms with Crippen LogP contribution in [0.4, 0.5) is 5.69 Å². The number of methoxy groups -OCH3 is 1. The van der Waals surface area contributed by atoms with Gasteiger partial charge in [-0.15, -0.1) is 0 Å². The predicted octanol–water partition coefficient (Wildman–Crippen LogP) is 3.86. The number of hydrogen-bond acceptors (Lipinski definition) is 4. The molecule has 0 saturated carbocycles. The average Bonchev–Trinajstić information content (AvgIpc) is 3.23.